The molecule has 0 radical (unpaired) electrons. The highest BCUT2D eigenvalue weighted by Crippen LogP contribution is 2.77. The molecule has 3 N–H and O–H groups in total. The first-order valence-electron chi connectivity index (χ1n) is 10.7. The van der Waals surface area contributed by atoms with Crippen molar-refractivity contribution in [1.29, 1.82) is 0 Å². The third-order valence-electron chi connectivity index (χ3n) is 7.29. The van der Waals surface area contributed by atoms with Gasteiger partial charge in [-0.1, -0.05) is 6.92 Å². The molecule has 172 valence electrons. The van der Waals surface area contributed by atoms with Gasteiger partial charge in [-0.2, -0.15) is 18.3 Å². The monoisotopic (exact) mass is 451 g/mol. The van der Waals surface area contributed by atoms with Crippen molar-refractivity contribution in [2.45, 2.75) is 51.2 Å². The van der Waals surface area contributed by atoms with Gasteiger partial charge in [-0.3, -0.25) is 4.79 Å². The van der Waals surface area contributed by atoms with Crippen LogP contribution in [0.4, 0.5) is 18.0 Å². The second-order valence-corrected chi connectivity index (χ2v) is 10.00. The predicted molar refractivity (Wildman–Crippen MR) is 106 cm³/mol. The van der Waals surface area contributed by atoms with Crippen LogP contribution in [-0.2, 0) is 11.2 Å². The van der Waals surface area contributed by atoms with Crippen LogP contribution in [0, 0.1) is 22.7 Å². The number of carbonyl (C=O) groups is 2. The molecule has 3 heterocycles. The molecule has 2 amide bonds. The van der Waals surface area contributed by atoms with Crippen LogP contribution < -0.4 is 10.6 Å². The standard InChI is InChI=1S/C21H24F3N5O3/c1-19-8-20(9-19,10-19)16(27-18(31)32)14-7-29-15(26-14)3-2-13(28-29)5-11-4-12(21(22,23)24)6-25-17(11)30/h2-3,7,11-12,16,27H,4-6,8-10H2,1H3,(H,25,30)(H,31,32)/t11?,12-,16-,19?,20?/m1/s1. The van der Waals surface area contributed by atoms with E-state index in [4.69, 9.17) is 0 Å². The molecule has 3 saturated carbocycles. The van der Waals surface area contributed by atoms with Crippen molar-refractivity contribution < 1.29 is 27.9 Å². The lowest BCUT2D eigenvalue weighted by Crippen LogP contribution is -2.65. The number of piperidine rings is 1. The normalized spacial score (nSPS) is 32.6. The highest BCUT2D eigenvalue weighted by molar-refractivity contribution is 5.79. The van der Waals surface area contributed by atoms with Gasteiger partial charge >= 0.3 is 12.3 Å². The van der Waals surface area contributed by atoms with Crippen LogP contribution in [0.15, 0.2) is 18.3 Å². The Labute approximate surface area is 181 Å². The van der Waals surface area contributed by atoms with Crippen LogP contribution in [0.3, 0.4) is 0 Å². The molecule has 1 saturated heterocycles. The molecule has 32 heavy (non-hydrogen) atoms. The summed E-state index contributed by atoms with van der Waals surface area (Å²) in [4.78, 5) is 28.1. The van der Waals surface area contributed by atoms with Gasteiger partial charge in [0, 0.05) is 18.9 Å². The van der Waals surface area contributed by atoms with E-state index in [0.29, 0.717) is 17.0 Å². The number of hydrogen-bond donors (Lipinski definition) is 3. The molecule has 4 fully saturated rings. The molecule has 1 unspecified atom stereocenters. The molecule has 2 aromatic rings. The summed E-state index contributed by atoms with van der Waals surface area (Å²) in [5.41, 5.74) is 1.73. The molecule has 6 rings (SSSR count). The maximum atomic E-state index is 13.1. The summed E-state index contributed by atoms with van der Waals surface area (Å²) in [5.74, 6) is -2.78. The van der Waals surface area contributed by atoms with E-state index in [2.05, 4.69) is 27.6 Å². The molecule has 2 aromatic heterocycles. The zero-order valence-electron chi connectivity index (χ0n) is 17.4. The maximum absolute atomic E-state index is 13.1. The SMILES string of the molecule is CC12CC([C@H](NC(=O)O)c3cn4nc(CC5C[C@@H](C(F)(F)F)CNC5=O)ccc4n3)(C1)C2. The minimum Gasteiger partial charge on any atom is -0.465 e. The number of fused-ring (bicyclic) bond motifs is 1. The van der Waals surface area contributed by atoms with Gasteiger partial charge < -0.3 is 15.7 Å². The second-order valence-electron chi connectivity index (χ2n) is 10.00. The molecule has 3 atom stereocenters. The van der Waals surface area contributed by atoms with Crippen molar-refractivity contribution >= 4 is 17.6 Å². The Morgan fingerprint density at radius 1 is 1.38 bits per heavy atom. The predicted octanol–water partition coefficient (Wildman–Crippen LogP) is 3.09. The number of halogens is 3. The van der Waals surface area contributed by atoms with Gasteiger partial charge in [-0.15, -0.1) is 0 Å². The third-order valence-corrected chi connectivity index (χ3v) is 7.29. The fraction of sp³-hybridized carbons (Fsp3) is 0.619. The Morgan fingerprint density at radius 3 is 2.72 bits per heavy atom. The first-order valence-corrected chi connectivity index (χ1v) is 10.7. The van der Waals surface area contributed by atoms with Crippen LogP contribution in [0.25, 0.3) is 5.65 Å². The highest BCUT2D eigenvalue weighted by atomic mass is 19.4. The van der Waals surface area contributed by atoms with Crippen molar-refractivity contribution in [1.82, 2.24) is 25.2 Å². The first kappa shape index (κ1) is 21.0. The van der Waals surface area contributed by atoms with Crippen molar-refractivity contribution in [3.05, 3.63) is 29.7 Å². The summed E-state index contributed by atoms with van der Waals surface area (Å²) in [6.45, 7) is 1.80. The van der Waals surface area contributed by atoms with E-state index in [-0.39, 0.29) is 23.7 Å². The number of imidazole rings is 1. The van der Waals surface area contributed by atoms with Crippen molar-refractivity contribution in [3.63, 3.8) is 0 Å². The highest BCUT2D eigenvalue weighted by Gasteiger charge is 2.68. The second kappa shape index (κ2) is 6.82. The summed E-state index contributed by atoms with van der Waals surface area (Å²) < 4.78 is 40.8. The van der Waals surface area contributed by atoms with Crippen LogP contribution in [0.5, 0.6) is 0 Å². The fourth-order valence-electron chi connectivity index (χ4n) is 6.13. The van der Waals surface area contributed by atoms with Crippen LogP contribution in [0.2, 0.25) is 0 Å². The number of hydrogen-bond acceptors (Lipinski definition) is 4. The summed E-state index contributed by atoms with van der Waals surface area (Å²) in [6.07, 6.45) is -1.16. The molecule has 3 aliphatic carbocycles. The van der Waals surface area contributed by atoms with E-state index >= 15 is 0 Å². The van der Waals surface area contributed by atoms with Crippen molar-refractivity contribution in [2.24, 2.45) is 22.7 Å². The van der Waals surface area contributed by atoms with Crippen LogP contribution in [0.1, 0.15) is 50.0 Å². The average Bonchev–Trinajstić information content (AvgIpc) is 3.07. The van der Waals surface area contributed by atoms with Crippen molar-refractivity contribution in [2.75, 3.05) is 6.54 Å². The van der Waals surface area contributed by atoms with Crippen molar-refractivity contribution in [3.8, 4) is 0 Å². The first-order chi connectivity index (χ1) is 15.0. The van der Waals surface area contributed by atoms with Gasteiger partial charge in [0.25, 0.3) is 0 Å². The molecule has 11 heteroatoms. The van der Waals surface area contributed by atoms with E-state index in [9.17, 15) is 27.9 Å². The van der Waals surface area contributed by atoms with Gasteiger partial charge in [-0.05, 0) is 48.6 Å². The van der Waals surface area contributed by atoms with E-state index in [1.807, 2.05) is 0 Å². The number of amides is 2. The smallest absolute Gasteiger partial charge is 0.405 e. The summed E-state index contributed by atoms with van der Waals surface area (Å²) >= 11 is 0. The van der Waals surface area contributed by atoms with E-state index in [1.54, 1.807) is 18.3 Å². The van der Waals surface area contributed by atoms with E-state index < -0.39 is 42.6 Å². The summed E-state index contributed by atoms with van der Waals surface area (Å²) in [5, 5.41) is 18.7. The summed E-state index contributed by atoms with van der Waals surface area (Å²) in [7, 11) is 0. The van der Waals surface area contributed by atoms with Crippen LogP contribution >= 0.6 is 0 Å². The number of carbonyl (C=O) groups excluding carboxylic acids is 1. The lowest BCUT2D eigenvalue weighted by Gasteiger charge is -2.72. The number of carboxylic acid groups (broad SMARTS) is 1. The molecular weight excluding hydrogens is 427 g/mol. The Morgan fingerprint density at radius 2 is 2.09 bits per heavy atom. The number of aromatic nitrogens is 3. The van der Waals surface area contributed by atoms with Crippen LogP contribution in [-0.4, -0.2) is 44.4 Å². The zero-order chi connectivity index (χ0) is 22.9. The largest absolute Gasteiger partial charge is 0.465 e. The Balaban J connectivity index is 1.37. The topological polar surface area (TPSA) is 109 Å². The van der Waals surface area contributed by atoms with Gasteiger partial charge in [0.05, 0.1) is 29.5 Å². The fourth-order valence-corrected chi connectivity index (χ4v) is 6.13. The van der Waals surface area contributed by atoms with Gasteiger partial charge in [-0.25, -0.2) is 14.3 Å². The third kappa shape index (κ3) is 3.47. The number of nitrogens with one attached hydrogen (secondary N) is 2. The van der Waals surface area contributed by atoms with Gasteiger partial charge in [0.15, 0.2) is 5.65 Å². The Hall–Kier alpha value is -2.85. The lowest BCUT2D eigenvalue weighted by molar-refractivity contribution is -0.210. The van der Waals surface area contributed by atoms with Gasteiger partial charge in [0.1, 0.15) is 0 Å². The van der Waals surface area contributed by atoms with Gasteiger partial charge in [0.2, 0.25) is 5.91 Å². The van der Waals surface area contributed by atoms with E-state index in [0.717, 1.165) is 19.3 Å². The zero-order valence-corrected chi connectivity index (χ0v) is 17.4. The van der Waals surface area contributed by atoms with E-state index in [1.165, 1.54) is 4.52 Å². The summed E-state index contributed by atoms with van der Waals surface area (Å²) in [6, 6.07) is 2.90. The minimum absolute atomic E-state index is 0.0843. The number of rotatable bonds is 5. The molecule has 0 aromatic carbocycles. The lowest BCUT2D eigenvalue weighted by atomic mass is 9.33. The Bertz CT molecular complexity index is 1080. The average molecular weight is 451 g/mol. The Kier molecular flexibility index (Phi) is 4.48. The maximum Gasteiger partial charge on any atom is 0.405 e. The number of nitrogens with zero attached hydrogens (tertiary/aromatic N) is 3. The minimum atomic E-state index is -4.35. The molecular formula is C21H24F3N5O3. The molecule has 1 aliphatic heterocycles. The molecule has 2 bridgehead atoms. The quantitative estimate of drug-likeness (QED) is 0.648. The molecule has 4 aliphatic rings. The molecule has 8 nitrogen and oxygen atoms in total. The number of alkyl halides is 3. The molecule has 0 spiro atoms.